The van der Waals surface area contributed by atoms with Crippen molar-refractivity contribution in [2.75, 3.05) is 12.0 Å². The average Bonchev–Trinajstić information content (AvgIpc) is 2.81. The Labute approximate surface area is 145 Å². The maximum absolute atomic E-state index is 12.0. The number of allylic oxidation sites excluding steroid dienone is 1. The van der Waals surface area contributed by atoms with Crippen LogP contribution in [0.2, 0.25) is 10.0 Å². The van der Waals surface area contributed by atoms with Gasteiger partial charge >= 0.3 is 0 Å². The van der Waals surface area contributed by atoms with Gasteiger partial charge in [0, 0.05) is 22.8 Å². The summed E-state index contributed by atoms with van der Waals surface area (Å²) in [6.45, 7) is 6.19. The van der Waals surface area contributed by atoms with Gasteiger partial charge in [-0.2, -0.15) is 0 Å². The summed E-state index contributed by atoms with van der Waals surface area (Å²) in [7, 11) is 0. The highest BCUT2D eigenvalue weighted by Gasteiger charge is 2.43. The number of aldehydes is 1. The van der Waals surface area contributed by atoms with Gasteiger partial charge in [-0.05, 0) is 44.5 Å². The number of benzene rings is 1. The fourth-order valence-electron chi connectivity index (χ4n) is 2.74. The number of hydrogen-bond donors (Lipinski definition) is 3. The Morgan fingerprint density at radius 1 is 1.39 bits per heavy atom. The summed E-state index contributed by atoms with van der Waals surface area (Å²) in [5.74, 6) is -0.921. The summed E-state index contributed by atoms with van der Waals surface area (Å²) in [6, 6.07) is 5.11. The number of Topliss-reactive ketones (excluding diaryl/α,β-unsaturated/α-hetero) is 1. The molecule has 0 amide bonds. The molecule has 2 rings (SSSR count). The molecule has 0 aromatic heterocycles. The van der Waals surface area contributed by atoms with E-state index >= 15 is 0 Å². The quantitative estimate of drug-likeness (QED) is 0.430. The van der Waals surface area contributed by atoms with Crippen LogP contribution in [-0.2, 0) is 9.59 Å². The van der Waals surface area contributed by atoms with Crippen LogP contribution in [0.25, 0.3) is 0 Å². The highest BCUT2D eigenvalue weighted by atomic mass is 35.5. The first-order valence-corrected chi connectivity index (χ1v) is 7.92. The van der Waals surface area contributed by atoms with E-state index in [0.717, 1.165) is 11.3 Å². The monoisotopic (exact) mass is 355 g/mol. The van der Waals surface area contributed by atoms with E-state index in [1.165, 1.54) is 0 Å². The second-order valence-electron chi connectivity index (χ2n) is 6.05. The molecule has 0 spiro atoms. The van der Waals surface area contributed by atoms with E-state index in [-0.39, 0.29) is 0 Å². The molecule has 5 nitrogen and oxygen atoms in total. The number of hydrazine groups is 1. The number of hydrogen-bond acceptors (Lipinski definition) is 5. The van der Waals surface area contributed by atoms with E-state index in [0.29, 0.717) is 28.6 Å². The molecule has 1 heterocycles. The van der Waals surface area contributed by atoms with Crippen LogP contribution in [0.1, 0.15) is 20.8 Å². The summed E-state index contributed by atoms with van der Waals surface area (Å²) in [6.07, 6.45) is 0.385. The minimum absolute atomic E-state index is 0.385. The standard InChI is InChI=1S/C16H19Cl2N3O2/c1-9(20-21-13-5-4-10(17)6-12(13)18)11-7-19-16(2,3)15(11)14(23)8-22/h4-6,8,15,19-21H,7H2,1-3H3. The van der Waals surface area contributed by atoms with E-state index in [1.807, 2.05) is 20.8 Å². The topological polar surface area (TPSA) is 70.2 Å². The molecule has 1 unspecified atom stereocenters. The van der Waals surface area contributed by atoms with Gasteiger partial charge in [0.1, 0.15) is 0 Å². The molecule has 1 aliphatic heterocycles. The molecule has 1 fully saturated rings. The Hall–Kier alpha value is -1.56. The SMILES string of the molecule is CC(NNc1ccc(Cl)cc1Cl)=C1CNC(C)(C)C1C(=O)C=O. The molecule has 1 saturated heterocycles. The summed E-state index contributed by atoms with van der Waals surface area (Å²) < 4.78 is 0. The first kappa shape index (κ1) is 17.8. The van der Waals surface area contributed by atoms with Crippen LogP contribution in [-0.4, -0.2) is 24.2 Å². The Bertz CT molecular complexity index is 671. The molecule has 7 heteroatoms. The van der Waals surface area contributed by atoms with Crippen molar-refractivity contribution >= 4 is 41.0 Å². The van der Waals surface area contributed by atoms with Crippen molar-refractivity contribution < 1.29 is 9.59 Å². The maximum Gasteiger partial charge on any atom is 0.204 e. The number of carbonyl (C=O) groups excluding carboxylic acids is 2. The lowest BCUT2D eigenvalue weighted by molar-refractivity contribution is -0.132. The molecule has 0 bridgehead atoms. The minimum atomic E-state index is -0.491. The third-order valence-corrected chi connectivity index (χ3v) is 4.55. The van der Waals surface area contributed by atoms with E-state index in [2.05, 4.69) is 16.2 Å². The lowest BCUT2D eigenvalue weighted by atomic mass is 9.82. The molecular formula is C16H19Cl2N3O2. The van der Waals surface area contributed by atoms with Crippen molar-refractivity contribution in [1.29, 1.82) is 0 Å². The number of nitrogens with one attached hydrogen (secondary N) is 3. The molecule has 0 radical (unpaired) electrons. The predicted octanol–water partition coefficient (Wildman–Crippen LogP) is 2.95. The smallest absolute Gasteiger partial charge is 0.204 e. The van der Waals surface area contributed by atoms with E-state index in [1.54, 1.807) is 18.2 Å². The molecule has 1 aromatic rings. The predicted molar refractivity (Wildman–Crippen MR) is 92.6 cm³/mol. The average molecular weight is 356 g/mol. The van der Waals surface area contributed by atoms with Crippen molar-refractivity contribution in [3.05, 3.63) is 39.5 Å². The lowest BCUT2D eigenvalue weighted by Crippen LogP contribution is -2.42. The molecule has 0 saturated carbocycles. The number of anilines is 1. The fraction of sp³-hybridized carbons (Fsp3) is 0.375. The Kier molecular flexibility index (Phi) is 5.34. The zero-order valence-electron chi connectivity index (χ0n) is 13.2. The third kappa shape index (κ3) is 3.86. The van der Waals surface area contributed by atoms with Gasteiger partial charge in [0.15, 0.2) is 6.29 Å². The van der Waals surface area contributed by atoms with E-state index in [9.17, 15) is 9.59 Å². The van der Waals surface area contributed by atoms with Gasteiger partial charge in [0.2, 0.25) is 5.78 Å². The number of halogens is 2. The van der Waals surface area contributed by atoms with Crippen LogP contribution < -0.4 is 16.2 Å². The largest absolute Gasteiger partial charge is 0.307 e. The highest BCUT2D eigenvalue weighted by Crippen LogP contribution is 2.32. The Morgan fingerprint density at radius 3 is 2.70 bits per heavy atom. The summed E-state index contributed by atoms with van der Waals surface area (Å²) in [5.41, 5.74) is 7.86. The van der Waals surface area contributed by atoms with Crippen LogP contribution in [0.4, 0.5) is 5.69 Å². The summed E-state index contributed by atoms with van der Waals surface area (Å²) in [4.78, 5) is 22.9. The molecule has 0 aliphatic carbocycles. The van der Waals surface area contributed by atoms with Gasteiger partial charge in [-0.1, -0.05) is 23.2 Å². The Morgan fingerprint density at radius 2 is 2.09 bits per heavy atom. The van der Waals surface area contributed by atoms with Crippen LogP contribution in [0.5, 0.6) is 0 Å². The van der Waals surface area contributed by atoms with Gasteiger partial charge < -0.3 is 10.7 Å². The molecular weight excluding hydrogens is 337 g/mol. The van der Waals surface area contributed by atoms with Crippen LogP contribution in [0.3, 0.4) is 0 Å². The second kappa shape index (κ2) is 6.91. The van der Waals surface area contributed by atoms with Crippen molar-refractivity contribution in [3.8, 4) is 0 Å². The number of rotatable bonds is 5. The molecule has 1 atom stereocenters. The van der Waals surface area contributed by atoms with Gasteiger partial charge in [-0.15, -0.1) is 0 Å². The van der Waals surface area contributed by atoms with Crippen molar-refractivity contribution in [2.24, 2.45) is 5.92 Å². The molecule has 1 aliphatic rings. The zero-order chi connectivity index (χ0) is 17.2. The Balaban J connectivity index is 2.20. The van der Waals surface area contributed by atoms with Crippen molar-refractivity contribution in [1.82, 2.24) is 10.7 Å². The molecule has 3 N–H and O–H groups in total. The van der Waals surface area contributed by atoms with Crippen LogP contribution in [0, 0.1) is 5.92 Å². The molecule has 23 heavy (non-hydrogen) atoms. The number of ketones is 1. The van der Waals surface area contributed by atoms with Crippen molar-refractivity contribution in [2.45, 2.75) is 26.3 Å². The second-order valence-corrected chi connectivity index (χ2v) is 6.90. The highest BCUT2D eigenvalue weighted by molar-refractivity contribution is 6.36. The lowest BCUT2D eigenvalue weighted by Gasteiger charge is -2.25. The summed E-state index contributed by atoms with van der Waals surface area (Å²) in [5, 5.41) is 4.29. The van der Waals surface area contributed by atoms with Gasteiger partial charge in [0.05, 0.1) is 16.6 Å². The third-order valence-electron chi connectivity index (χ3n) is 4.00. The molecule has 1 aromatic carbocycles. The molecule has 124 valence electrons. The van der Waals surface area contributed by atoms with E-state index < -0.39 is 17.2 Å². The van der Waals surface area contributed by atoms with Crippen molar-refractivity contribution in [3.63, 3.8) is 0 Å². The van der Waals surface area contributed by atoms with E-state index in [4.69, 9.17) is 23.2 Å². The van der Waals surface area contributed by atoms with Crippen LogP contribution >= 0.6 is 23.2 Å². The van der Waals surface area contributed by atoms with Gasteiger partial charge in [0.25, 0.3) is 0 Å². The van der Waals surface area contributed by atoms with Gasteiger partial charge in [-0.3, -0.25) is 15.0 Å². The van der Waals surface area contributed by atoms with Crippen LogP contribution in [0.15, 0.2) is 29.5 Å². The zero-order valence-corrected chi connectivity index (χ0v) is 14.7. The summed E-state index contributed by atoms with van der Waals surface area (Å²) >= 11 is 12.0. The minimum Gasteiger partial charge on any atom is -0.307 e. The normalized spacial score (nSPS) is 21.7. The number of carbonyl (C=O) groups is 2. The maximum atomic E-state index is 12.0. The first-order valence-electron chi connectivity index (χ1n) is 7.17. The van der Waals surface area contributed by atoms with Gasteiger partial charge in [-0.25, -0.2) is 0 Å². The fourth-order valence-corrected chi connectivity index (χ4v) is 3.20. The first-order chi connectivity index (χ1) is 10.8.